The minimum Gasteiger partial charge on any atom is -0.394 e. The molecule has 0 spiro atoms. The third-order valence-corrected chi connectivity index (χ3v) is 4.45. The van der Waals surface area contributed by atoms with Crippen molar-refractivity contribution in [1.29, 1.82) is 0 Å². The molecule has 0 aliphatic heterocycles. The van der Waals surface area contributed by atoms with Crippen molar-refractivity contribution in [3.63, 3.8) is 0 Å². The van der Waals surface area contributed by atoms with Crippen molar-refractivity contribution in [2.24, 2.45) is 0 Å². The van der Waals surface area contributed by atoms with Gasteiger partial charge in [0.05, 0.1) is 12.3 Å². The molecule has 21 heavy (non-hydrogen) atoms. The summed E-state index contributed by atoms with van der Waals surface area (Å²) in [5.74, 6) is 0. The summed E-state index contributed by atoms with van der Waals surface area (Å²) in [6.07, 6.45) is 5.98. The van der Waals surface area contributed by atoms with Gasteiger partial charge in [-0.15, -0.1) is 0 Å². The minimum absolute atomic E-state index is 0.0648. The van der Waals surface area contributed by atoms with Crippen LogP contribution in [-0.4, -0.2) is 26.6 Å². The number of nitrogens with zero attached hydrogens (tertiary/aromatic N) is 2. The highest BCUT2D eigenvalue weighted by Gasteiger charge is 2.32. The molecule has 1 fully saturated rings. The second-order valence-electron chi connectivity index (χ2n) is 5.97. The van der Waals surface area contributed by atoms with Crippen molar-refractivity contribution in [3.8, 4) is 0 Å². The fraction of sp³-hybridized carbons (Fsp3) is 0.500. The molecule has 0 aromatic carbocycles. The summed E-state index contributed by atoms with van der Waals surface area (Å²) in [4.78, 5) is 16.7. The maximum Gasteiger partial charge on any atom is 0.258 e. The first-order valence-corrected chi connectivity index (χ1v) is 7.47. The predicted octanol–water partition coefficient (Wildman–Crippen LogP) is 1.40. The Kier molecular flexibility index (Phi) is 3.78. The van der Waals surface area contributed by atoms with Crippen LogP contribution in [0.1, 0.15) is 36.9 Å². The number of hydrogen-bond acceptors (Lipinski definition) is 4. The van der Waals surface area contributed by atoms with Crippen molar-refractivity contribution in [1.82, 2.24) is 14.7 Å². The van der Waals surface area contributed by atoms with Gasteiger partial charge in [-0.05, 0) is 31.4 Å². The average Bonchev–Trinajstić information content (AvgIpc) is 2.96. The number of nitrogens with one attached hydrogen (secondary N) is 1. The monoisotopic (exact) mass is 287 g/mol. The van der Waals surface area contributed by atoms with Crippen molar-refractivity contribution in [2.75, 3.05) is 6.61 Å². The molecular formula is C16H21N3O2. The van der Waals surface area contributed by atoms with Gasteiger partial charge in [0, 0.05) is 24.3 Å². The molecule has 0 unspecified atom stereocenters. The molecule has 2 aromatic rings. The number of aliphatic hydroxyl groups is 1. The SMILES string of the molecule is Cc1cccn2c(=O)cc(CNC3(CO)CCCC3)nc12. The molecule has 1 aliphatic carbocycles. The van der Waals surface area contributed by atoms with Gasteiger partial charge in [0.1, 0.15) is 5.65 Å². The van der Waals surface area contributed by atoms with Gasteiger partial charge in [0.25, 0.3) is 5.56 Å². The minimum atomic E-state index is -0.196. The second kappa shape index (κ2) is 5.58. The normalized spacial score (nSPS) is 17.4. The maximum absolute atomic E-state index is 12.1. The fourth-order valence-electron chi connectivity index (χ4n) is 3.12. The zero-order chi connectivity index (χ0) is 14.9. The van der Waals surface area contributed by atoms with Crippen LogP contribution in [0.4, 0.5) is 0 Å². The van der Waals surface area contributed by atoms with Crippen LogP contribution in [0.25, 0.3) is 5.65 Å². The van der Waals surface area contributed by atoms with Crippen LogP contribution < -0.4 is 10.9 Å². The Morgan fingerprint density at radius 1 is 1.43 bits per heavy atom. The van der Waals surface area contributed by atoms with E-state index in [2.05, 4.69) is 10.3 Å². The van der Waals surface area contributed by atoms with Crippen LogP contribution in [0.3, 0.4) is 0 Å². The standard InChI is InChI=1S/C16H21N3O2/c1-12-5-4-8-19-14(21)9-13(18-15(12)19)10-17-16(11-20)6-2-3-7-16/h4-5,8-9,17,20H,2-3,6-7,10-11H2,1H3. The van der Waals surface area contributed by atoms with E-state index in [9.17, 15) is 9.90 Å². The maximum atomic E-state index is 12.1. The number of rotatable bonds is 4. The number of aryl methyl sites for hydroxylation is 1. The average molecular weight is 287 g/mol. The number of aliphatic hydroxyl groups excluding tert-OH is 1. The summed E-state index contributed by atoms with van der Waals surface area (Å²) in [6, 6.07) is 5.37. The Bertz CT molecular complexity index is 702. The zero-order valence-electron chi connectivity index (χ0n) is 12.3. The van der Waals surface area contributed by atoms with Gasteiger partial charge in [0.2, 0.25) is 0 Å². The van der Waals surface area contributed by atoms with Crippen LogP contribution in [0.2, 0.25) is 0 Å². The Morgan fingerprint density at radius 3 is 2.90 bits per heavy atom. The lowest BCUT2D eigenvalue weighted by Crippen LogP contribution is -2.45. The smallest absolute Gasteiger partial charge is 0.258 e. The largest absolute Gasteiger partial charge is 0.394 e. The first kappa shape index (κ1) is 14.2. The molecular weight excluding hydrogens is 266 g/mol. The Hall–Kier alpha value is -1.72. The lowest BCUT2D eigenvalue weighted by molar-refractivity contribution is 0.162. The van der Waals surface area contributed by atoms with Crippen molar-refractivity contribution in [2.45, 2.75) is 44.7 Å². The van der Waals surface area contributed by atoms with E-state index < -0.39 is 0 Å². The van der Waals surface area contributed by atoms with E-state index in [0.29, 0.717) is 12.2 Å². The molecule has 2 N–H and O–H groups in total. The Morgan fingerprint density at radius 2 is 2.19 bits per heavy atom. The molecule has 0 bridgehead atoms. The van der Waals surface area contributed by atoms with Gasteiger partial charge < -0.3 is 10.4 Å². The van der Waals surface area contributed by atoms with Gasteiger partial charge in [-0.3, -0.25) is 9.20 Å². The first-order valence-electron chi connectivity index (χ1n) is 7.47. The van der Waals surface area contributed by atoms with E-state index in [1.165, 1.54) is 0 Å². The van der Waals surface area contributed by atoms with E-state index in [0.717, 1.165) is 36.9 Å². The van der Waals surface area contributed by atoms with Crippen molar-refractivity contribution >= 4 is 5.65 Å². The zero-order valence-corrected chi connectivity index (χ0v) is 12.3. The molecule has 1 aliphatic rings. The second-order valence-corrected chi connectivity index (χ2v) is 5.97. The molecule has 2 heterocycles. The molecule has 0 radical (unpaired) electrons. The van der Waals surface area contributed by atoms with Crippen LogP contribution in [0.5, 0.6) is 0 Å². The quantitative estimate of drug-likeness (QED) is 0.892. The molecule has 0 atom stereocenters. The molecule has 2 aromatic heterocycles. The molecule has 3 rings (SSSR count). The van der Waals surface area contributed by atoms with Crippen molar-refractivity contribution < 1.29 is 5.11 Å². The van der Waals surface area contributed by atoms with Crippen molar-refractivity contribution in [3.05, 3.63) is 46.0 Å². The number of hydrogen-bond donors (Lipinski definition) is 2. The number of fused-ring (bicyclic) bond motifs is 1. The molecule has 5 nitrogen and oxygen atoms in total. The highest BCUT2D eigenvalue weighted by molar-refractivity contribution is 5.46. The first-order chi connectivity index (χ1) is 10.1. The molecule has 5 heteroatoms. The van der Waals surface area contributed by atoms with Gasteiger partial charge in [-0.25, -0.2) is 4.98 Å². The predicted molar refractivity (Wildman–Crippen MR) is 81.3 cm³/mol. The summed E-state index contributed by atoms with van der Waals surface area (Å²) >= 11 is 0. The van der Waals surface area contributed by atoms with Crippen LogP contribution in [-0.2, 0) is 6.54 Å². The van der Waals surface area contributed by atoms with E-state index in [4.69, 9.17) is 0 Å². The van der Waals surface area contributed by atoms with E-state index in [1.807, 2.05) is 19.1 Å². The number of aromatic nitrogens is 2. The summed E-state index contributed by atoms with van der Waals surface area (Å²) in [7, 11) is 0. The van der Waals surface area contributed by atoms with Gasteiger partial charge >= 0.3 is 0 Å². The van der Waals surface area contributed by atoms with Gasteiger partial charge in [-0.2, -0.15) is 0 Å². The van der Waals surface area contributed by atoms with E-state index in [1.54, 1.807) is 16.7 Å². The van der Waals surface area contributed by atoms with Gasteiger partial charge in [0.15, 0.2) is 0 Å². The van der Waals surface area contributed by atoms with Gasteiger partial charge in [-0.1, -0.05) is 18.9 Å². The van der Waals surface area contributed by atoms with Crippen LogP contribution in [0, 0.1) is 6.92 Å². The highest BCUT2D eigenvalue weighted by atomic mass is 16.3. The molecule has 0 amide bonds. The summed E-state index contributed by atoms with van der Waals surface area (Å²) in [6.45, 7) is 2.60. The third-order valence-electron chi connectivity index (χ3n) is 4.45. The Labute approximate surface area is 123 Å². The molecule has 0 saturated heterocycles. The lowest BCUT2D eigenvalue weighted by Gasteiger charge is -2.28. The topological polar surface area (TPSA) is 66.6 Å². The molecule has 1 saturated carbocycles. The third kappa shape index (κ3) is 2.71. The highest BCUT2D eigenvalue weighted by Crippen LogP contribution is 2.29. The Balaban J connectivity index is 1.88. The van der Waals surface area contributed by atoms with Crippen LogP contribution in [0.15, 0.2) is 29.2 Å². The summed E-state index contributed by atoms with van der Waals surface area (Å²) in [5, 5.41) is 13.0. The lowest BCUT2D eigenvalue weighted by atomic mass is 9.99. The summed E-state index contributed by atoms with van der Waals surface area (Å²) in [5.41, 5.74) is 2.15. The van der Waals surface area contributed by atoms with E-state index >= 15 is 0 Å². The fourth-order valence-corrected chi connectivity index (χ4v) is 3.12. The van der Waals surface area contributed by atoms with E-state index in [-0.39, 0.29) is 17.7 Å². The summed E-state index contributed by atoms with van der Waals surface area (Å²) < 4.78 is 1.57. The van der Waals surface area contributed by atoms with Crippen LogP contribution >= 0.6 is 0 Å². The molecule has 112 valence electrons. The number of pyridine rings is 1.